The fourth-order valence-corrected chi connectivity index (χ4v) is 3.14. The Bertz CT molecular complexity index is 709. The van der Waals surface area contributed by atoms with Crippen molar-refractivity contribution in [2.24, 2.45) is 0 Å². The summed E-state index contributed by atoms with van der Waals surface area (Å²) in [6.07, 6.45) is -1.83. The van der Waals surface area contributed by atoms with Crippen molar-refractivity contribution in [1.29, 1.82) is 0 Å². The molecule has 7 heteroatoms. The molecule has 1 aliphatic carbocycles. The second kappa shape index (κ2) is 4.55. The number of oxazole rings is 1. The lowest BCUT2D eigenvalue weighted by Gasteiger charge is -2.39. The number of hydrogen-bond donors (Lipinski definition) is 1. The maximum Gasteiger partial charge on any atom is 0.416 e. The third-order valence-corrected chi connectivity index (χ3v) is 4.01. The summed E-state index contributed by atoms with van der Waals surface area (Å²) in [5.41, 5.74) is -2.32. The first kappa shape index (κ1) is 15.0. The molecule has 0 saturated heterocycles. The number of halogens is 3. The van der Waals surface area contributed by atoms with Crippen molar-refractivity contribution in [2.75, 3.05) is 0 Å². The third kappa shape index (κ3) is 2.39. The van der Waals surface area contributed by atoms with Crippen molar-refractivity contribution in [3.63, 3.8) is 0 Å². The van der Waals surface area contributed by atoms with Crippen LogP contribution in [0.25, 0.3) is 0 Å². The lowest BCUT2D eigenvalue weighted by Crippen LogP contribution is -2.42. The van der Waals surface area contributed by atoms with E-state index in [4.69, 9.17) is 4.42 Å². The predicted octanol–water partition coefficient (Wildman–Crippen LogP) is 3.20. The van der Waals surface area contributed by atoms with E-state index in [-0.39, 0.29) is 18.5 Å². The molecule has 2 aromatic heterocycles. The number of aliphatic hydroxyl groups is 1. The Labute approximate surface area is 125 Å². The minimum Gasteiger partial charge on any atom is -0.448 e. The molecule has 0 saturated carbocycles. The fraction of sp³-hybridized carbons (Fsp3) is 0.467. The number of alkyl halides is 3. The van der Waals surface area contributed by atoms with E-state index in [9.17, 15) is 18.3 Å². The Kier molecular flexibility index (Phi) is 3.11. The first-order chi connectivity index (χ1) is 10.1. The van der Waals surface area contributed by atoms with Crippen molar-refractivity contribution in [2.45, 2.75) is 43.9 Å². The Morgan fingerprint density at radius 3 is 2.68 bits per heavy atom. The van der Waals surface area contributed by atoms with Gasteiger partial charge in [-0.1, -0.05) is 13.8 Å². The topological polar surface area (TPSA) is 59.2 Å². The number of aromatic nitrogens is 2. The molecule has 0 fully saturated rings. The van der Waals surface area contributed by atoms with Crippen LogP contribution in [0.4, 0.5) is 13.2 Å². The minimum atomic E-state index is -4.47. The van der Waals surface area contributed by atoms with Gasteiger partial charge in [0.15, 0.2) is 6.39 Å². The van der Waals surface area contributed by atoms with Crippen LogP contribution in [0.5, 0.6) is 0 Å². The van der Waals surface area contributed by atoms with Crippen LogP contribution in [0.2, 0.25) is 0 Å². The summed E-state index contributed by atoms with van der Waals surface area (Å²) in [5, 5.41) is 10.9. The van der Waals surface area contributed by atoms with E-state index in [2.05, 4.69) is 9.97 Å². The summed E-state index contributed by atoms with van der Waals surface area (Å²) in [6, 6.07) is 1.80. The molecule has 0 amide bonds. The van der Waals surface area contributed by atoms with Crippen LogP contribution < -0.4 is 0 Å². The molecular weight excluding hydrogens is 297 g/mol. The van der Waals surface area contributed by atoms with Crippen molar-refractivity contribution in [3.8, 4) is 0 Å². The van der Waals surface area contributed by atoms with Crippen LogP contribution in [0.15, 0.2) is 29.1 Å². The predicted molar refractivity (Wildman–Crippen MR) is 71.0 cm³/mol. The van der Waals surface area contributed by atoms with Gasteiger partial charge >= 0.3 is 6.18 Å². The normalized spacial score (nSPS) is 24.1. The average molecular weight is 312 g/mol. The number of rotatable bonds is 1. The van der Waals surface area contributed by atoms with E-state index >= 15 is 0 Å². The van der Waals surface area contributed by atoms with Gasteiger partial charge in [-0.05, 0) is 18.6 Å². The minimum absolute atomic E-state index is 0.00375. The molecule has 2 aromatic rings. The Morgan fingerprint density at radius 1 is 1.27 bits per heavy atom. The number of hydrogen-bond acceptors (Lipinski definition) is 4. The standard InChI is InChI=1S/C15H15F3N2O2/c1-13(2)7-14(21,6-10-12(13)22-8-20-10)11-5-9(3-4-19-11)15(16,17)18/h3-5,8,21H,6-7H2,1-2H3. The molecule has 22 heavy (non-hydrogen) atoms. The molecule has 1 atom stereocenters. The van der Waals surface area contributed by atoms with Gasteiger partial charge in [-0.25, -0.2) is 4.98 Å². The summed E-state index contributed by atoms with van der Waals surface area (Å²) in [6.45, 7) is 3.71. The van der Waals surface area contributed by atoms with Gasteiger partial charge in [0.25, 0.3) is 0 Å². The van der Waals surface area contributed by atoms with Gasteiger partial charge in [-0.15, -0.1) is 0 Å². The first-order valence-corrected chi connectivity index (χ1v) is 6.81. The van der Waals surface area contributed by atoms with Gasteiger partial charge in [0, 0.05) is 18.0 Å². The molecule has 3 rings (SSSR count). The van der Waals surface area contributed by atoms with Crippen LogP contribution in [0.3, 0.4) is 0 Å². The maximum atomic E-state index is 12.9. The highest BCUT2D eigenvalue weighted by molar-refractivity contribution is 5.31. The molecule has 4 nitrogen and oxygen atoms in total. The Balaban J connectivity index is 2.06. The first-order valence-electron chi connectivity index (χ1n) is 6.81. The zero-order valence-corrected chi connectivity index (χ0v) is 12.1. The van der Waals surface area contributed by atoms with Crippen molar-refractivity contribution < 1.29 is 22.7 Å². The fourth-order valence-electron chi connectivity index (χ4n) is 3.14. The molecule has 0 bridgehead atoms. The second-order valence-corrected chi connectivity index (χ2v) is 6.32. The molecule has 1 aliphatic rings. The van der Waals surface area contributed by atoms with E-state index in [0.717, 1.165) is 18.3 Å². The van der Waals surface area contributed by atoms with E-state index in [0.29, 0.717) is 11.5 Å². The average Bonchev–Trinajstić information content (AvgIpc) is 2.86. The summed E-state index contributed by atoms with van der Waals surface area (Å²) >= 11 is 0. The molecule has 0 aliphatic heterocycles. The molecule has 0 spiro atoms. The molecule has 118 valence electrons. The van der Waals surface area contributed by atoms with Crippen LogP contribution in [-0.4, -0.2) is 15.1 Å². The Hall–Kier alpha value is -1.89. The van der Waals surface area contributed by atoms with E-state index in [1.54, 1.807) is 0 Å². The lowest BCUT2D eigenvalue weighted by atomic mass is 9.69. The molecule has 0 radical (unpaired) electrons. The summed E-state index contributed by atoms with van der Waals surface area (Å²) in [7, 11) is 0. The molecule has 2 heterocycles. The van der Waals surface area contributed by atoms with Gasteiger partial charge in [-0.2, -0.15) is 13.2 Å². The van der Waals surface area contributed by atoms with Crippen molar-refractivity contribution in [1.82, 2.24) is 9.97 Å². The molecular formula is C15H15F3N2O2. The van der Waals surface area contributed by atoms with Gasteiger partial charge < -0.3 is 9.52 Å². The highest BCUT2D eigenvalue weighted by Crippen LogP contribution is 2.45. The number of pyridine rings is 1. The Morgan fingerprint density at radius 2 is 2.00 bits per heavy atom. The summed E-state index contributed by atoms with van der Waals surface area (Å²) in [5.74, 6) is 0.657. The van der Waals surface area contributed by atoms with Gasteiger partial charge in [0.05, 0.1) is 17.0 Å². The molecule has 1 N–H and O–H groups in total. The molecule has 0 aromatic carbocycles. The smallest absolute Gasteiger partial charge is 0.416 e. The highest BCUT2D eigenvalue weighted by Gasteiger charge is 2.47. The SMILES string of the molecule is CC1(C)CC(O)(c2cc(C(F)(F)F)ccn2)Cc2ncoc21. The quantitative estimate of drug-likeness (QED) is 0.878. The lowest BCUT2D eigenvalue weighted by molar-refractivity contribution is -0.137. The van der Waals surface area contributed by atoms with Crippen LogP contribution in [-0.2, 0) is 23.6 Å². The third-order valence-electron chi connectivity index (χ3n) is 4.01. The van der Waals surface area contributed by atoms with E-state index in [1.165, 1.54) is 6.39 Å². The largest absolute Gasteiger partial charge is 0.448 e. The zero-order chi connectivity index (χ0) is 16.2. The van der Waals surface area contributed by atoms with Gasteiger partial charge in [0.1, 0.15) is 11.4 Å². The molecule has 1 unspecified atom stereocenters. The van der Waals surface area contributed by atoms with Crippen LogP contribution in [0.1, 0.15) is 43.0 Å². The van der Waals surface area contributed by atoms with Gasteiger partial charge in [-0.3, -0.25) is 4.98 Å². The number of nitrogens with zero attached hydrogens (tertiary/aromatic N) is 2. The van der Waals surface area contributed by atoms with E-state index in [1.807, 2.05) is 13.8 Å². The van der Waals surface area contributed by atoms with Gasteiger partial charge in [0.2, 0.25) is 0 Å². The van der Waals surface area contributed by atoms with Crippen molar-refractivity contribution in [3.05, 3.63) is 47.4 Å². The second-order valence-electron chi connectivity index (χ2n) is 6.32. The number of fused-ring (bicyclic) bond motifs is 1. The maximum absolute atomic E-state index is 12.9. The van der Waals surface area contributed by atoms with Crippen molar-refractivity contribution >= 4 is 0 Å². The van der Waals surface area contributed by atoms with Crippen LogP contribution >= 0.6 is 0 Å². The monoisotopic (exact) mass is 312 g/mol. The highest BCUT2D eigenvalue weighted by atomic mass is 19.4. The van der Waals surface area contributed by atoms with E-state index < -0.39 is 22.8 Å². The zero-order valence-electron chi connectivity index (χ0n) is 12.1. The van der Waals surface area contributed by atoms with Crippen LogP contribution in [0, 0.1) is 0 Å². The summed E-state index contributed by atoms with van der Waals surface area (Å²) in [4.78, 5) is 8.03. The summed E-state index contributed by atoms with van der Waals surface area (Å²) < 4.78 is 43.9.